The summed E-state index contributed by atoms with van der Waals surface area (Å²) in [7, 11) is 0. The summed E-state index contributed by atoms with van der Waals surface area (Å²) >= 11 is 0. The number of fused-ring (bicyclic) bond motifs is 1. The van der Waals surface area contributed by atoms with Crippen LogP contribution in [0.25, 0.3) is 10.9 Å². The number of ketones is 1. The summed E-state index contributed by atoms with van der Waals surface area (Å²) in [6.07, 6.45) is -3.36. The van der Waals surface area contributed by atoms with Gasteiger partial charge in [-0.1, -0.05) is 0 Å². The van der Waals surface area contributed by atoms with Gasteiger partial charge >= 0.3 is 12.1 Å². The van der Waals surface area contributed by atoms with Crippen LogP contribution in [0.4, 0.5) is 13.2 Å². The molecule has 5 nitrogen and oxygen atoms in total. The summed E-state index contributed by atoms with van der Waals surface area (Å²) in [6.45, 7) is 0. The lowest BCUT2D eigenvalue weighted by molar-refractivity contribution is -0.141. The molecular weight excluding hydrogens is 277 g/mol. The minimum Gasteiger partial charge on any atom is -0.481 e. The Labute approximate surface area is 110 Å². The average molecular weight is 284 g/mol. The molecule has 0 radical (unpaired) electrons. The van der Waals surface area contributed by atoms with E-state index < -0.39 is 35.6 Å². The zero-order valence-electron chi connectivity index (χ0n) is 9.81. The SMILES string of the molecule is O=C(O)CC(=O)c1cc2cnccc2nc1C(F)(F)F. The fourth-order valence-corrected chi connectivity index (χ4v) is 1.68. The standard InChI is InChI=1S/C12H7F3N2O3/c13-12(14,15)11-7(9(18)4-10(19)20)3-6-5-16-2-1-8(6)17-11/h1-3,5H,4H2,(H,19,20). The molecule has 0 aliphatic carbocycles. The summed E-state index contributed by atoms with van der Waals surface area (Å²) in [4.78, 5) is 29.2. The van der Waals surface area contributed by atoms with Crippen LogP contribution in [0.3, 0.4) is 0 Å². The molecule has 0 aliphatic heterocycles. The molecule has 2 heterocycles. The first kappa shape index (κ1) is 13.9. The van der Waals surface area contributed by atoms with Crippen molar-refractivity contribution >= 4 is 22.7 Å². The Balaban J connectivity index is 2.66. The number of carboxylic acids is 1. The van der Waals surface area contributed by atoms with E-state index in [1.807, 2.05) is 0 Å². The van der Waals surface area contributed by atoms with Gasteiger partial charge in [-0.2, -0.15) is 13.2 Å². The number of alkyl halides is 3. The normalized spacial score (nSPS) is 11.6. The number of halogens is 3. The Morgan fingerprint density at radius 3 is 2.60 bits per heavy atom. The third-order valence-corrected chi connectivity index (χ3v) is 2.50. The van der Waals surface area contributed by atoms with Gasteiger partial charge in [-0.15, -0.1) is 0 Å². The van der Waals surface area contributed by atoms with Crippen LogP contribution in [0.2, 0.25) is 0 Å². The average Bonchev–Trinajstić information content (AvgIpc) is 2.35. The summed E-state index contributed by atoms with van der Waals surface area (Å²) in [6, 6.07) is 2.24. The minimum atomic E-state index is -4.85. The molecule has 2 aromatic heterocycles. The second-order valence-corrected chi connectivity index (χ2v) is 3.94. The van der Waals surface area contributed by atoms with E-state index >= 15 is 0 Å². The molecule has 20 heavy (non-hydrogen) atoms. The third-order valence-electron chi connectivity index (χ3n) is 2.50. The Kier molecular flexibility index (Phi) is 3.39. The number of aromatic nitrogens is 2. The van der Waals surface area contributed by atoms with Crippen molar-refractivity contribution in [2.24, 2.45) is 0 Å². The molecule has 1 N–H and O–H groups in total. The smallest absolute Gasteiger partial charge is 0.434 e. The predicted octanol–water partition coefficient (Wildman–Crippen LogP) is 2.31. The molecule has 0 unspecified atom stereocenters. The highest BCUT2D eigenvalue weighted by atomic mass is 19.4. The van der Waals surface area contributed by atoms with Crippen LogP contribution in [0.1, 0.15) is 22.5 Å². The molecule has 0 aromatic carbocycles. The highest BCUT2D eigenvalue weighted by Gasteiger charge is 2.37. The molecule has 0 amide bonds. The van der Waals surface area contributed by atoms with E-state index in [9.17, 15) is 22.8 Å². The number of aliphatic carboxylic acids is 1. The Bertz CT molecular complexity index is 698. The van der Waals surface area contributed by atoms with Gasteiger partial charge in [0.2, 0.25) is 0 Å². The van der Waals surface area contributed by atoms with Gasteiger partial charge in [0.05, 0.1) is 5.52 Å². The van der Waals surface area contributed by atoms with E-state index in [0.717, 1.165) is 6.07 Å². The van der Waals surface area contributed by atoms with E-state index in [1.54, 1.807) is 0 Å². The van der Waals surface area contributed by atoms with Crippen LogP contribution in [0.5, 0.6) is 0 Å². The largest absolute Gasteiger partial charge is 0.481 e. The van der Waals surface area contributed by atoms with Gasteiger partial charge in [-0.3, -0.25) is 14.6 Å². The number of pyridine rings is 2. The topological polar surface area (TPSA) is 80.1 Å². The first-order chi connectivity index (χ1) is 9.29. The van der Waals surface area contributed by atoms with E-state index in [0.29, 0.717) is 0 Å². The summed E-state index contributed by atoms with van der Waals surface area (Å²) in [5.74, 6) is -2.66. The molecule has 0 atom stereocenters. The second-order valence-electron chi connectivity index (χ2n) is 3.94. The van der Waals surface area contributed by atoms with Crippen molar-refractivity contribution in [2.45, 2.75) is 12.6 Å². The lowest BCUT2D eigenvalue weighted by atomic mass is 10.0. The van der Waals surface area contributed by atoms with Crippen LogP contribution < -0.4 is 0 Å². The molecule has 8 heteroatoms. The van der Waals surface area contributed by atoms with Crippen molar-refractivity contribution in [2.75, 3.05) is 0 Å². The first-order valence-corrected chi connectivity index (χ1v) is 5.36. The van der Waals surface area contributed by atoms with E-state index in [2.05, 4.69) is 9.97 Å². The Morgan fingerprint density at radius 2 is 2.00 bits per heavy atom. The van der Waals surface area contributed by atoms with Crippen LogP contribution >= 0.6 is 0 Å². The molecule has 0 saturated heterocycles. The lowest BCUT2D eigenvalue weighted by Crippen LogP contribution is -2.17. The molecule has 0 bridgehead atoms. The van der Waals surface area contributed by atoms with Crippen LogP contribution in [-0.4, -0.2) is 26.8 Å². The fraction of sp³-hybridized carbons (Fsp3) is 0.167. The van der Waals surface area contributed by atoms with Crippen LogP contribution in [0.15, 0.2) is 24.5 Å². The minimum absolute atomic E-state index is 0.0270. The van der Waals surface area contributed by atoms with Crippen molar-refractivity contribution in [1.29, 1.82) is 0 Å². The Morgan fingerprint density at radius 1 is 1.30 bits per heavy atom. The molecule has 2 aromatic rings. The first-order valence-electron chi connectivity index (χ1n) is 5.36. The van der Waals surface area contributed by atoms with Crippen molar-refractivity contribution in [3.63, 3.8) is 0 Å². The maximum absolute atomic E-state index is 12.9. The van der Waals surface area contributed by atoms with E-state index in [-0.39, 0.29) is 10.9 Å². The maximum Gasteiger partial charge on any atom is 0.434 e. The molecule has 0 aliphatic rings. The van der Waals surface area contributed by atoms with Crippen LogP contribution in [-0.2, 0) is 11.0 Å². The van der Waals surface area contributed by atoms with Crippen molar-refractivity contribution in [1.82, 2.24) is 9.97 Å². The number of carboxylic acid groups (broad SMARTS) is 1. The van der Waals surface area contributed by atoms with Crippen LogP contribution in [0, 0.1) is 0 Å². The quantitative estimate of drug-likeness (QED) is 0.691. The molecular formula is C12H7F3N2O3. The molecule has 104 valence electrons. The Hall–Kier alpha value is -2.51. The lowest BCUT2D eigenvalue weighted by Gasteiger charge is -2.11. The summed E-state index contributed by atoms with van der Waals surface area (Å²) < 4.78 is 38.7. The van der Waals surface area contributed by atoms with Gasteiger partial charge in [-0.05, 0) is 12.1 Å². The van der Waals surface area contributed by atoms with E-state index in [4.69, 9.17) is 5.11 Å². The molecule has 0 spiro atoms. The fourth-order valence-electron chi connectivity index (χ4n) is 1.68. The number of hydrogen-bond acceptors (Lipinski definition) is 4. The van der Waals surface area contributed by atoms with Gasteiger partial charge in [0.1, 0.15) is 6.42 Å². The number of carbonyl (C=O) groups is 2. The maximum atomic E-state index is 12.9. The van der Waals surface area contributed by atoms with Crippen molar-refractivity contribution in [3.05, 3.63) is 35.8 Å². The second kappa shape index (κ2) is 4.87. The van der Waals surface area contributed by atoms with E-state index in [1.165, 1.54) is 18.5 Å². The monoisotopic (exact) mass is 284 g/mol. The van der Waals surface area contributed by atoms with Gasteiger partial charge in [-0.25, -0.2) is 4.98 Å². The zero-order chi connectivity index (χ0) is 14.9. The third kappa shape index (κ3) is 2.73. The molecule has 2 rings (SSSR count). The summed E-state index contributed by atoms with van der Waals surface area (Å²) in [5.41, 5.74) is -2.12. The van der Waals surface area contributed by atoms with Crippen molar-refractivity contribution < 1.29 is 27.9 Å². The highest BCUT2D eigenvalue weighted by molar-refractivity contribution is 6.07. The number of hydrogen-bond donors (Lipinski definition) is 1. The molecule has 0 saturated carbocycles. The van der Waals surface area contributed by atoms with Gasteiger partial charge < -0.3 is 5.11 Å². The number of nitrogens with zero attached hydrogens (tertiary/aromatic N) is 2. The van der Waals surface area contributed by atoms with Gasteiger partial charge in [0.15, 0.2) is 11.5 Å². The molecule has 0 fully saturated rings. The zero-order valence-corrected chi connectivity index (χ0v) is 9.81. The highest BCUT2D eigenvalue weighted by Crippen LogP contribution is 2.32. The summed E-state index contributed by atoms with van der Waals surface area (Å²) in [5, 5.41) is 8.75. The number of rotatable bonds is 3. The predicted molar refractivity (Wildman–Crippen MR) is 61.1 cm³/mol. The number of Topliss-reactive ketones (excluding diaryl/α,β-unsaturated/α-hetero) is 1. The van der Waals surface area contributed by atoms with Gasteiger partial charge in [0.25, 0.3) is 0 Å². The van der Waals surface area contributed by atoms with Gasteiger partial charge in [0, 0.05) is 23.3 Å². The number of carbonyl (C=O) groups excluding carboxylic acids is 1. The van der Waals surface area contributed by atoms with Crippen molar-refractivity contribution in [3.8, 4) is 0 Å².